The van der Waals surface area contributed by atoms with Gasteiger partial charge < -0.3 is 5.32 Å². The molecule has 0 aliphatic carbocycles. The summed E-state index contributed by atoms with van der Waals surface area (Å²) in [6.45, 7) is 5.46. The van der Waals surface area contributed by atoms with E-state index in [2.05, 4.69) is 26.3 Å². The highest BCUT2D eigenvalue weighted by Crippen LogP contribution is 2.20. The summed E-state index contributed by atoms with van der Waals surface area (Å²) in [6.07, 6.45) is 1.78. The molecule has 0 aliphatic heterocycles. The van der Waals surface area contributed by atoms with Crippen molar-refractivity contribution in [3.63, 3.8) is 0 Å². The van der Waals surface area contributed by atoms with E-state index in [1.54, 1.807) is 24.7 Å². The minimum atomic E-state index is -0.560. The molecule has 0 bridgehead atoms. The highest BCUT2D eigenvalue weighted by Gasteiger charge is 2.24. The summed E-state index contributed by atoms with van der Waals surface area (Å²) in [5, 5.41) is 6.93. The molecule has 0 fully saturated rings. The Morgan fingerprint density at radius 2 is 2.21 bits per heavy atom. The lowest BCUT2D eigenvalue weighted by Gasteiger charge is -2.14. The van der Waals surface area contributed by atoms with Crippen molar-refractivity contribution in [1.29, 1.82) is 0 Å². The van der Waals surface area contributed by atoms with Crippen molar-refractivity contribution in [3.05, 3.63) is 11.9 Å². The molecule has 1 aromatic rings. The first kappa shape index (κ1) is 11.2. The fraction of sp³-hybridized carbons (Fsp3) is 0.556. The lowest BCUT2D eigenvalue weighted by Crippen LogP contribution is -2.31. The molecular weight excluding hydrogens is 246 g/mol. The molecular formula is C9H14BrN3O. The summed E-state index contributed by atoms with van der Waals surface area (Å²) >= 11 is 3.29. The Labute approximate surface area is 91.8 Å². The van der Waals surface area contributed by atoms with Crippen molar-refractivity contribution >= 4 is 27.5 Å². The van der Waals surface area contributed by atoms with Gasteiger partial charge in [-0.2, -0.15) is 5.10 Å². The van der Waals surface area contributed by atoms with E-state index in [-0.39, 0.29) is 5.91 Å². The molecule has 0 unspecified atom stereocenters. The van der Waals surface area contributed by atoms with E-state index in [1.165, 1.54) is 0 Å². The summed E-state index contributed by atoms with van der Waals surface area (Å²) in [6, 6.07) is 0. The lowest BCUT2D eigenvalue weighted by molar-refractivity contribution is -0.117. The molecule has 78 valence electrons. The third-order valence-corrected chi connectivity index (χ3v) is 2.16. The van der Waals surface area contributed by atoms with Gasteiger partial charge in [0.25, 0.3) is 0 Å². The number of anilines is 1. The first-order valence-electron chi connectivity index (χ1n) is 4.31. The Morgan fingerprint density at radius 1 is 1.64 bits per heavy atom. The standard InChI is InChI=1S/C9H14BrN3O/c1-6-7(5-13(4)12-6)11-8(14)9(2,3)10/h5H,1-4H3,(H,11,14). The maximum absolute atomic E-state index is 11.6. The summed E-state index contributed by atoms with van der Waals surface area (Å²) in [5.41, 5.74) is 1.57. The van der Waals surface area contributed by atoms with Gasteiger partial charge in [-0.3, -0.25) is 9.48 Å². The molecule has 14 heavy (non-hydrogen) atoms. The molecule has 1 heterocycles. The van der Waals surface area contributed by atoms with Gasteiger partial charge in [0.2, 0.25) is 5.91 Å². The van der Waals surface area contributed by atoms with Gasteiger partial charge in [0, 0.05) is 13.2 Å². The van der Waals surface area contributed by atoms with E-state index in [0.717, 1.165) is 11.4 Å². The normalized spacial score (nSPS) is 11.5. The molecule has 0 aliphatic rings. The Bertz CT molecular complexity index is 351. The van der Waals surface area contributed by atoms with E-state index in [9.17, 15) is 4.79 Å². The monoisotopic (exact) mass is 259 g/mol. The second-order valence-corrected chi connectivity index (χ2v) is 5.71. The van der Waals surface area contributed by atoms with Gasteiger partial charge in [0.1, 0.15) is 0 Å². The maximum Gasteiger partial charge on any atom is 0.240 e. The Kier molecular flexibility index (Phi) is 2.99. The SMILES string of the molecule is Cc1nn(C)cc1NC(=O)C(C)(C)Br. The number of rotatable bonds is 2. The van der Waals surface area contributed by atoms with Crippen molar-refractivity contribution < 1.29 is 4.79 Å². The fourth-order valence-corrected chi connectivity index (χ4v) is 1.09. The Hall–Kier alpha value is -0.840. The van der Waals surface area contributed by atoms with Gasteiger partial charge in [-0.15, -0.1) is 0 Å². The molecule has 1 amide bonds. The maximum atomic E-state index is 11.6. The zero-order valence-corrected chi connectivity index (χ0v) is 10.3. The molecule has 0 spiro atoms. The van der Waals surface area contributed by atoms with Gasteiger partial charge >= 0.3 is 0 Å². The van der Waals surface area contributed by atoms with Crippen molar-refractivity contribution in [2.24, 2.45) is 7.05 Å². The number of aryl methyl sites for hydroxylation is 2. The van der Waals surface area contributed by atoms with Crippen LogP contribution in [-0.4, -0.2) is 20.0 Å². The van der Waals surface area contributed by atoms with Crippen LogP contribution in [-0.2, 0) is 11.8 Å². The van der Waals surface area contributed by atoms with E-state index in [1.807, 2.05) is 14.0 Å². The third-order valence-electron chi connectivity index (χ3n) is 1.80. The van der Waals surface area contributed by atoms with Gasteiger partial charge in [-0.1, -0.05) is 15.9 Å². The number of carbonyl (C=O) groups excluding carboxylic acids is 1. The smallest absolute Gasteiger partial charge is 0.240 e. The Morgan fingerprint density at radius 3 is 2.57 bits per heavy atom. The fourth-order valence-electron chi connectivity index (χ4n) is 0.993. The van der Waals surface area contributed by atoms with Crippen LogP contribution in [0.1, 0.15) is 19.5 Å². The second-order valence-electron chi connectivity index (χ2n) is 3.73. The Balaban J connectivity index is 2.80. The molecule has 0 atom stereocenters. The van der Waals surface area contributed by atoms with Gasteiger partial charge in [-0.05, 0) is 20.8 Å². The van der Waals surface area contributed by atoms with Crippen LogP contribution < -0.4 is 5.32 Å². The van der Waals surface area contributed by atoms with Crippen molar-refractivity contribution in [2.45, 2.75) is 25.1 Å². The average Bonchev–Trinajstić information content (AvgIpc) is 2.28. The van der Waals surface area contributed by atoms with E-state index in [4.69, 9.17) is 0 Å². The molecule has 5 heteroatoms. The zero-order chi connectivity index (χ0) is 10.9. The van der Waals surface area contributed by atoms with Crippen LogP contribution in [0.3, 0.4) is 0 Å². The van der Waals surface area contributed by atoms with Crippen LogP contribution in [0.5, 0.6) is 0 Å². The number of nitrogens with one attached hydrogen (secondary N) is 1. The van der Waals surface area contributed by atoms with Crippen molar-refractivity contribution in [1.82, 2.24) is 9.78 Å². The quantitative estimate of drug-likeness (QED) is 0.825. The number of hydrogen-bond donors (Lipinski definition) is 1. The van der Waals surface area contributed by atoms with Crippen LogP contribution in [0, 0.1) is 6.92 Å². The summed E-state index contributed by atoms with van der Waals surface area (Å²) < 4.78 is 1.11. The highest BCUT2D eigenvalue weighted by atomic mass is 79.9. The third kappa shape index (κ3) is 2.57. The van der Waals surface area contributed by atoms with Crippen LogP contribution in [0.4, 0.5) is 5.69 Å². The molecule has 1 N–H and O–H groups in total. The number of alkyl halides is 1. The largest absolute Gasteiger partial charge is 0.322 e. The minimum Gasteiger partial charge on any atom is -0.322 e. The van der Waals surface area contributed by atoms with Crippen LogP contribution >= 0.6 is 15.9 Å². The number of nitrogens with zero attached hydrogens (tertiary/aromatic N) is 2. The predicted molar refractivity (Wildman–Crippen MR) is 59.6 cm³/mol. The van der Waals surface area contributed by atoms with Crippen LogP contribution in [0.2, 0.25) is 0 Å². The van der Waals surface area contributed by atoms with Crippen LogP contribution in [0.25, 0.3) is 0 Å². The van der Waals surface area contributed by atoms with Crippen molar-refractivity contribution in [3.8, 4) is 0 Å². The molecule has 0 radical (unpaired) electrons. The number of amides is 1. The lowest BCUT2D eigenvalue weighted by atomic mass is 10.2. The molecule has 4 nitrogen and oxygen atoms in total. The zero-order valence-electron chi connectivity index (χ0n) is 8.76. The molecule has 1 aromatic heterocycles. The minimum absolute atomic E-state index is 0.0754. The number of halogens is 1. The first-order chi connectivity index (χ1) is 6.30. The predicted octanol–water partition coefficient (Wildman–Crippen LogP) is 1.84. The first-order valence-corrected chi connectivity index (χ1v) is 5.10. The van der Waals surface area contributed by atoms with E-state index >= 15 is 0 Å². The van der Waals surface area contributed by atoms with Crippen LogP contribution in [0.15, 0.2) is 6.20 Å². The second kappa shape index (κ2) is 3.73. The van der Waals surface area contributed by atoms with Gasteiger partial charge in [0.05, 0.1) is 15.7 Å². The molecule has 1 rings (SSSR count). The highest BCUT2D eigenvalue weighted by molar-refractivity contribution is 9.10. The van der Waals surface area contributed by atoms with Gasteiger partial charge in [-0.25, -0.2) is 0 Å². The summed E-state index contributed by atoms with van der Waals surface area (Å²) in [7, 11) is 1.82. The molecule has 0 aromatic carbocycles. The van der Waals surface area contributed by atoms with Gasteiger partial charge in [0.15, 0.2) is 0 Å². The average molecular weight is 260 g/mol. The summed E-state index contributed by atoms with van der Waals surface area (Å²) in [5.74, 6) is -0.0754. The van der Waals surface area contributed by atoms with E-state index in [0.29, 0.717) is 0 Å². The topological polar surface area (TPSA) is 46.9 Å². The number of aromatic nitrogens is 2. The summed E-state index contributed by atoms with van der Waals surface area (Å²) in [4.78, 5) is 11.6. The van der Waals surface area contributed by atoms with E-state index < -0.39 is 4.32 Å². The molecule has 0 saturated carbocycles. The van der Waals surface area contributed by atoms with Crippen molar-refractivity contribution in [2.75, 3.05) is 5.32 Å². The molecule has 0 saturated heterocycles. The number of hydrogen-bond acceptors (Lipinski definition) is 2. The number of carbonyl (C=O) groups is 1.